The minimum absolute atomic E-state index is 0.127. The van der Waals surface area contributed by atoms with Crippen LogP contribution in [0.4, 0.5) is 17.3 Å². The van der Waals surface area contributed by atoms with Crippen LogP contribution in [0.3, 0.4) is 0 Å². The molecule has 9 nitrogen and oxygen atoms in total. The van der Waals surface area contributed by atoms with Crippen molar-refractivity contribution in [3.8, 4) is 5.75 Å². The first-order valence-electron chi connectivity index (χ1n) is 7.59. The molecule has 0 spiro atoms. The van der Waals surface area contributed by atoms with Crippen molar-refractivity contribution in [2.75, 3.05) is 35.3 Å². The average molecular weight is 357 g/mol. The van der Waals surface area contributed by atoms with Crippen molar-refractivity contribution in [1.29, 1.82) is 0 Å². The number of hydrogen-bond donors (Lipinski definition) is 4. The molecule has 0 unspecified atom stereocenters. The molecule has 5 N–H and O–H groups in total. The summed E-state index contributed by atoms with van der Waals surface area (Å²) in [6.45, 7) is 1.38. The van der Waals surface area contributed by atoms with Gasteiger partial charge in [-0.05, 0) is 12.1 Å². The van der Waals surface area contributed by atoms with Crippen LogP contribution in [0.5, 0.6) is 5.75 Å². The highest BCUT2D eigenvalue weighted by atomic mass is 32.2. The van der Waals surface area contributed by atoms with Crippen LogP contribution in [0, 0.1) is 0 Å². The molecule has 0 radical (unpaired) electrons. The van der Waals surface area contributed by atoms with E-state index >= 15 is 0 Å². The van der Waals surface area contributed by atoms with Crippen LogP contribution >= 0.6 is 11.8 Å². The second-order valence-corrected chi connectivity index (χ2v) is 6.28. The molecule has 1 aliphatic heterocycles. The number of rotatable bonds is 4. The molecule has 0 saturated carbocycles. The molecule has 1 aliphatic rings. The number of imidazole rings is 1. The molecule has 2 aromatic heterocycles. The Morgan fingerprint density at radius 3 is 3.24 bits per heavy atom. The predicted molar refractivity (Wildman–Crippen MR) is 95.9 cm³/mol. The molecule has 1 aromatic carbocycles. The number of amides is 1. The van der Waals surface area contributed by atoms with Crippen LogP contribution in [0.25, 0.3) is 11.2 Å². The van der Waals surface area contributed by atoms with Crippen molar-refractivity contribution in [3.05, 3.63) is 24.5 Å². The van der Waals surface area contributed by atoms with E-state index in [1.165, 1.54) is 18.1 Å². The molecular formula is C15H15N7O2S. The van der Waals surface area contributed by atoms with Gasteiger partial charge in [0.25, 0.3) is 0 Å². The molecule has 4 rings (SSSR count). The zero-order valence-corrected chi connectivity index (χ0v) is 13.9. The summed E-state index contributed by atoms with van der Waals surface area (Å²) in [5.41, 5.74) is 8.43. The lowest BCUT2D eigenvalue weighted by Crippen LogP contribution is -2.19. The van der Waals surface area contributed by atoms with E-state index in [1.54, 1.807) is 6.07 Å². The molecule has 0 fully saturated rings. The molecule has 1 amide bonds. The Bertz CT molecular complexity index is 943. The van der Waals surface area contributed by atoms with Crippen LogP contribution in [0.15, 0.2) is 29.6 Å². The number of nitrogen functional groups attached to an aromatic ring is 1. The number of carbonyl (C=O) groups is 1. The van der Waals surface area contributed by atoms with Gasteiger partial charge in [-0.2, -0.15) is 4.98 Å². The highest BCUT2D eigenvalue weighted by Crippen LogP contribution is 2.30. The summed E-state index contributed by atoms with van der Waals surface area (Å²) in [5, 5.41) is 6.67. The van der Waals surface area contributed by atoms with E-state index in [0.717, 1.165) is 18.0 Å². The molecule has 0 bridgehead atoms. The van der Waals surface area contributed by atoms with E-state index in [0.29, 0.717) is 28.5 Å². The van der Waals surface area contributed by atoms with Crippen LogP contribution in [0.2, 0.25) is 0 Å². The number of carbonyl (C=O) groups excluding carboxylic acids is 1. The number of anilines is 3. The second-order valence-electron chi connectivity index (χ2n) is 5.31. The molecule has 128 valence electrons. The van der Waals surface area contributed by atoms with Crippen molar-refractivity contribution >= 4 is 46.2 Å². The summed E-state index contributed by atoms with van der Waals surface area (Å²) in [4.78, 5) is 27.4. The second kappa shape index (κ2) is 6.48. The third-order valence-electron chi connectivity index (χ3n) is 3.55. The number of H-pyrrole nitrogens is 1. The number of aromatic amines is 1. The van der Waals surface area contributed by atoms with Crippen LogP contribution in [-0.2, 0) is 4.79 Å². The third-order valence-corrected chi connectivity index (χ3v) is 4.53. The number of ether oxygens (including phenoxy) is 1. The van der Waals surface area contributed by atoms with Crippen molar-refractivity contribution in [2.24, 2.45) is 0 Å². The number of thioether (sulfide) groups is 1. The van der Waals surface area contributed by atoms with Gasteiger partial charge in [0.2, 0.25) is 11.9 Å². The number of hydrogen-bond acceptors (Lipinski definition) is 8. The Kier molecular flexibility index (Phi) is 4.02. The van der Waals surface area contributed by atoms with Crippen molar-refractivity contribution in [2.45, 2.75) is 5.03 Å². The van der Waals surface area contributed by atoms with Gasteiger partial charge >= 0.3 is 0 Å². The lowest BCUT2D eigenvalue weighted by atomic mass is 10.2. The topological polar surface area (TPSA) is 131 Å². The first kappa shape index (κ1) is 15.5. The van der Waals surface area contributed by atoms with Gasteiger partial charge in [0.15, 0.2) is 5.65 Å². The Hall–Kier alpha value is -3.01. The quantitative estimate of drug-likeness (QED) is 0.408. The molecule has 3 aromatic rings. The highest BCUT2D eigenvalue weighted by Gasteiger charge is 2.13. The number of benzene rings is 1. The molecule has 3 heterocycles. The Balaban J connectivity index is 1.43. The SMILES string of the molecule is Nc1nc(SCC(=O)Nc2ccc3c(c2)OCCN3)c2[nH]cnc2n1. The lowest BCUT2D eigenvalue weighted by Gasteiger charge is -2.19. The normalized spacial score (nSPS) is 13.0. The van der Waals surface area contributed by atoms with Gasteiger partial charge < -0.3 is 26.1 Å². The number of aromatic nitrogens is 4. The summed E-state index contributed by atoms with van der Waals surface area (Å²) in [6, 6.07) is 5.52. The third kappa shape index (κ3) is 3.29. The van der Waals surface area contributed by atoms with E-state index in [2.05, 4.69) is 30.6 Å². The fourth-order valence-corrected chi connectivity index (χ4v) is 3.26. The van der Waals surface area contributed by atoms with Gasteiger partial charge in [0.05, 0.1) is 17.8 Å². The fourth-order valence-electron chi connectivity index (χ4n) is 2.47. The minimum atomic E-state index is -0.154. The summed E-state index contributed by atoms with van der Waals surface area (Å²) >= 11 is 1.27. The van der Waals surface area contributed by atoms with Gasteiger partial charge in [0.1, 0.15) is 22.9 Å². The molecule has 0 aliphatic carbocycles. The van der Waals surface area contributed by atoms with Crippen LogP contribution in [0.1, 0.15) is 0 Å². The molecule has 0 atom stereocenters. The zero-order chi connectivity index (χ0) is 17.2. The molecular weight excluding hydrogens is 342 g/mol. The maximum absolute atomic E-state index is 12.2. The summed E-state index contributed by atoms with van der Waals surface area (Å²) in [7, 11) is 0. The largest absolute Gasteiger partial charge is 0.490 e. The predicted octanol–water partition coefficient (Wildman–Crippen LogP) is 1.47. The van der Waals surface area contributed by atoms with E-state index in [-0.39, 0.29) is 17.6 Å². The van der Waals surface area contributed by atoms with Crippen LogP contribution in [-0.4, -0.2) is 44.7 Å². The zero-order valence-electron chi connectivity index (χ0n) is 13.1. The first-order chi connectivity index (χ1) is 12.2. The fraction of sp³-hybridized carbons (Fsp3) is 0.200. The van der Waals surface area contributed by atoms with E-state index in [4.69, 9.17) is 10.5 Å². The van der Waals surface area contributed by atoms with Gasteiger partial charge in [-0.1, -0.05) is 11.8 Å². The molecule has 25 heavy (non-hydrogen) atoms. The maximum atomic E-state index is 12.2. The Morgan fingerprint density at radius 1 is 1.40 bits per heavy atom. The molecule has 10 heteroatoms. The number of nitrogens with two attached hydrogens (primary N) is 1. The van der Waals surface area contributed by atoms with E-state index < -0.39 is 0 Å². The van der Waals surface area contributed by atoms with Crippen LogP contribution < -0.4 is 21.1 Å². The number of fused-ring (bicyclic) bond motifs is 2. The summed E-state index contributed by atoms with van der Waals surface area (Å²) in [6.07, 6.45) is 1.52. The summed E-state index contributed by atoms with van der Waals surface area (Å²) in [5.74, 6) is 0.890. The van der Waals surface area contributed by atoms with E-state index in [9.17, 15) is 4.79 Å². The van der Waals surface area contributed by atoms with Gasteiger partial charge in [-0.3, -0.25) is 4.79 Å². The van der Waals surface area contributed by atoms with Gasteiger partial charge in [0, 0.05) is 18.3 Å². The number of nitrogens with one attached hydrogen (secondary N) is 3. The van der Waals surface area contributed by atoms with Gasteiger partial charge in [-0.25, -0.2) is 9.97 Å². The van der Waals surface area contributed by atoms with Gasteiger partial charge in [-0.15, -0.1) is 0 Å². The number of nitrogens with zero attached hydrogens (tertiary/aromatic N) is 3. The Labute approximate surface area is 146 Å². The minimum Gasteiger partial charge on any atom is -0.490 e. The van der Waals surface area contributed by atoms with E-state index in [1.807, 2.05) is 12.1 Å². The molecule has 0 saturated heterocycles. The van der Waals surface area contributed by atoms with Crippen molar-refractivity contribution in [1.82, 2.24) is 19.9 Å². The lowest BCUT2D eigenvalue weighted by molar-refractivity contribution is -0.113. The van der Waals surface area contributed by atoms with Crippen molar-refractivity contribution in [3.63, 3.8) is 0 Å². The Morgan fingerprint density at radius 2 is 2.32 bits per heavy atom. The highest BCUT2D eigenvalue weighted by molar-refractivity contribution is 8.00. The van der Waals surface area contributed by atoms with Crippen molar-refractivity contribution < 1.29 is 9.53 Å². The maximum Gasteiger partial charge on any atom is 0.234 e. The standard InChI is InChI=1S/C15H15N7O2S/c16-15-21-13-12(18-7-19-13)14(22-15)25-6-11(23)20-8-1-2-9-10(5-8)24-4-3-17-9/h1-2,5,7,17H,3-4,6H2,(H,20,23)(H3,16,18,19,21,22). The first-order valence-corrected chi connectivity index (χ1v) is 8.57. The smallest absolute Gasteiger partial charge is 0.234 e. The summed E-state index contributed by atoms with van der Waals surface area (Å²) < 4.78 is 5.57. The monoisotopic (exact) mass is 357 g/mol. The average Bonchev–Trinajstić information content (AvgIpc) is 3.08.